The van der Waals surface area contributed by atoms with Crippen LogP contribution in [0, 0.1) is 5.41 Å². The highest BCUT2D eigenvalue weighted by molar-refractivity contribution is 5.93. The minimum absolute atomic E-state index is 0. The summed E-state index contributed by atoms with van der Waals surface area (Å²) in [6.07, 6.45) is 1.86. The Hall–Kier alpha value is -0.960. The molecule has 0 aliphatic heterocycles. The third-order valence-electron chi connectivity index (χ3n) is 1.22. The van der Waals surface area contributed by atoms with Gasteiger partial charge in [-0.05, 0) is 12.1 Å². The van der Waals surface area contributed by atoms with Crippen molar-refractivity contribution in [3.05, 3.63) is 24.0 Å². The summed E-state index contributed by atoms with van der Waals surface area (Å²) in [6.45, 7) is 0. The van der Waals surface area contributed by atoms with Crippen molar-refractivity contribution in [2.75, 3.05) is 0 Å². The van der Waals surface area contributed by atoms with Crippen molar-refractivity contribution in [1.29, 1.82) is 5.41 Å². The number of nitrogens with one attached hydrogen (secondary N) is 1. The van der Waals surface area contributed by atoms with Crippen LogP contribution in [0.2, 0.25) is 0 Å². The molecule has 0 amide bonds. The third kappa shape index (κ3) is 1.51. The second-order valence-electron chi connectivity index (χ2n) is 1.92. The van der Waals surface area contributed by atoms with Crippen LogP contribution in [0.25, 0.3) is 0 Å². The van der Waals surface area contributed by atoms with Crippen molar-refractivity contribution < 1.29 is 0 Å². The molecule has 0 saturated carbocycles. The van der Waals surface area contributed by atoms with Gasteiger partial charge >= 0.3 is 0 Å². The minimum atomic E-state index is 0. The zero-order valence-corrected chi connectivity index (χ0v) is 6.48. The third-order valence-corrected chi connectivity index (χ3v) is 1.22. The molecule has 3 N–H and O–H groups in total. The number of nitrogens with two attached hydrogens (primary N) is 1. The van der Waals surface area contributed by atoms with Gasteiger partial charge in [-0.15, -0.1) is 12.4 Å². The summed E-state index contributed by atoms with van der Waals surface area (Å²) in [5.41, 5.74) is 5.98. The summed E-state index contributed by atoms with van der Waals surface area (Å²) < 4.78 is 1.81. The van der Waals surface area contributed by atoms with Crippen LogP contribution in [-0.4, -0.2) is 10.4 Å². The number of aromatic nitrogens is 1. The van der Waals surface area contributed by atoms with Crippen molar-refractivity contribution in [3.8, 4) is 0 Å². The molecule has 0 aliphatic carbocycles. The van der Waals surface area contributed by atoms with E-state index < -0.39 is 0 Å². The molecule has 0 atom stereocenters. The predicted octanol–water partition coefficient (Wildman–Crippen LogP) is 0.731. The molecule has 0 unspecified atom stereocenters. The van der Waals surface area contributed by atoms with E-state index in [4.69, 9.17) is 11.1 Å². The van der Waals surface area contributed by atoms with Gasteiger partial charge in [0.15, 0.2) is 0 Å². The van der Waals surface area contributed by atoms with Crippen LogP contribution in [-0.2, 0) is 7.05 Å². The maximum atomic E-state index is 7.05. The van der Waals surface area contributed by atoms with E-state index in [2.05, 4.69) is 0 Å². The summed E-state index contributed by atoms with van der Waals surface area (Å²) in [4.78, 5) is 0. The highest BCUT2D eigenvalue weighted by Crippen LogP contribution is 1.96. The van der Waals surface area contributed by atoms with Gasteiger partial charge < -0.3 is 10.3 Å². The van der Waals surface area contributed by atoms with Gasteiger partial charge in [-0.25, -0.2) is 0 Å². The van der Waals surface area contributed by atoms with Gasteiger partial charge in [0, 0.05) is 13.2 Å². The monoisotopic (exact) mass is 159 g/mol. The fourth-order valence-electron chi connectivity index (χ4n) is 0.741. The SMILES string of the molecule is Cl.Cn1cccc1C(=N)N. The minimum Gasteiger partial charge on any atom is -0.382 e. The van der Waals surface area contributed by atoms with Crippen molar-refractivity contribution in [3.63, 3.8) is 0 Å². The molecule has 0 aromatic carbocycles. The molecule has 1 aromatic heterocycles. The second-order valence-corrected chi connectivity index (χ2v) is 1.92. The molecular weight excluding hydrogens is 150 g/mol. The summed E-state index contributed by atoms with van der Waals surface area (Å²) in [7, 11) is 1.86. The number of hydrogen-bond acceptors (Lipinski definition) is 1. The molecule has 0 radical (unpaired) electrons. The molecule has 1 heterocycles. The molecule has 0 bridgehead atoms. The Kier molecular flexibility index (Phi) is 2.96. The first kappa shape index (κ1) is 9.04. The average Bonchev–Trinajstić information content (AvgIpc) is 2.13. The van der Waals surface area contributed by atoms with Crippen LogP contribution >= 0.6 is 12.4 Å². The first-order valence-electron chi connectivity index (χ1n) is 2.67. The Bertz CT molecular complexity index is 229. The van der Waals surface area contributed by atoms with E-state index in [0.29, 0.717) is 0 Å². The molecule has 4 heteroatoms. The maximum absolute atomic E-state index is 7.05. The molecule has 56 valence electrons. The highest BCUT2D eigenvalue weighted by atomic mass is 35.5. The van der Waals surface area contributed by atoms with E-state index in [0.717, 1.165) is 5.69 Å². The van der Waals surface area contributed by atoms with E-state index in [1.807, 2.05) is 29.9 Å². The van der Waals surface area contributed by atoms with Gasteiger partial charge in [-0.2, -0.15) is 0 Å². The molecule has 10 heavy (non-hydrogen) atoms. The van der Waals surface area contributed by atoms with Gasteiger partial charge in [0.05, 0.1) is 5.69 Å². The van der Waals surface area contributed by atoms with E-state index in [1.54, 1.807) is 0 Å². The average molecular weight is 160 g/mol. The standard InChI is InChI=1S/C6H9N3.ClH/c1-9-4-2-3-5(9)6(7)8;/h2-4H,1H3,(H3,7,8);1H. The van der Waals surface area contributed by atoms with E-state index in [-0.39, 0.29) is 18.2 Å². The maximum Gasteiger partial charge on any atom is 0.139 e. The first-order chi connectivity index (χ1) is 4.22. The second kappa shape index (κ2) is 3.27. The Morgan fingerprint density at radius 3 is 2.50 bits per heavy atom. The van der Waals surface area contributed by atoms with Crippen molar-refractivity contribution in [2.45, 2.75) is 0 Å². The largest absolute Gasteiger partial charge is 0.382 e. The van der Waals surface area contributed by atoms with Crippen LogP contribution in [0.5, 0.6) is 0 Å². The smallest absolute Gasteiger partial charge is 0.139 e. The number of nitrogens with zero attached hydrogens (tertiary/aromatic N) is 1. The number of hydrogen-bond donors (Lipinski definition) is 2. The molecule has 0 spiro atoms. The lowest BCUT2D eigenvalue weighted by molar-refractivity contribution is 0.911. The Morgan fingerprint density at radius 1 is 1.70 bits per heavy atom. The molecule has 0 saturated heterocycles. The van der Waals surface area contributed by atoms with Crippen molar-refractivity contribution >= 4 is 18.2 Å². The van der Waals surface area contributed by atoms with Gasteiger partial charge in [0.2, 0.25) is 0 Å². The topological polar surface area (TPSA) is 54.8 Å². The zero-order valence-electron chi connectivity index (χ0n) is 5.66. The normalized spacial score (nSPS) is 8.50. The number of aryl methyl sites for hydroxylation is 1. The quantitative estimate of drug-likeness (QED) is 0.461. The lowest BCUT2D eigenvalue weighted by Gasteiger charge is -1.97. The zero-order chi connectivity index (χ0) is 6.85. The van der Waals surface area contributed by atoms with E-state index in [9.17, 15) is 0 Å². The summed E-state index contributed by atoms with van der Waals surface area (Å²) in [5.74, 6) is 0.113. The summed E-state index contributed by atoms with van der Waals surface area (Å²) in [6, 6.07) is 3.67. The van der Waals surface area contributed by atoms with Crippen LogP contribution in [0.4, 0.5) is 0 Å². The van der Waals surface area contributed by atoms with Gasteiger partial charge in [-0.1, -0.05) is 0 Å². The van der Waals surface area contributed by atoms with Crippen LogP contribution in [0.3, 0.4) is 0 Å². The molecule has 1 rings (SSSR count). The van der Waals surface area contributed by atoms with E-state index >= 15 is 0 Å². The first-order valence-corrected chi connectivity index (χ1v) is 2.67. The Balaban J connectivity index is 0.000000810. The molecule has 1 aromatic rings. The van der Waals surface area contributed by atoms with Crippen LogP contribution in [0.1, 0.15) is 5.69 Å². The van der Waals surface area contributed by atoms with Crippen LogP contribution in [0.15, 0.2) is 18.3 Å². The number of rotatable bonds is 1. The van der Waals surface area contributed by atoms with Crippen LogP contribution < -0.4 is 5.73 Å². The van der Waals surface area contributed by atoms with Gasteiger partial charge in [-0.3, -0.25) is 5.41 Å². The summed E-state index contributed by atoms with van der Waals surface area (Å²) >= 11 is 0. The van der Waals surface area contributed by atoms with Gasteiger partial charge in [0.25, 0.3) is 0 Å². The number of amidine groups is 1. The number of halogens is 1. The summed E-state index contributed by atoms with van der Waals surface area (Å²) in [5, 5.41) is 7.05. The van der Waals surface area contributed by atoms with Gasteiger partial charge in [0.1, 0.15) is 5.84 Å². The van der Waals surface area contributed by atoms with Crippen molar-refractivity contribution in [1.82, 2.24) is 4.57 Å². The van der Waals surface area contributed by atoms with Crippen molar-refractivity contribution in [2.24, 2.45) is 12.8 Å². The lowest BCUT2D eigenvalue weighted by Crippen LogP contribution is -2.14. The molecular formula is C6H10ClN3. The Morgan fingerprint density at radius 2 is 2.30 bits per heavy atom. The molecule has 0 fully saturated rings. The Labute approximate surface area is 65.8 Å². The molecule has 0 aliphatic rings. The fraction of sp³-hybridized carbons (Fsp3) is 0.167. The lowest BCUT2D eigenvalue weighted by atomic mass is 10.4. The fourth-order valence-corrected chi connectivity index (χ4v) is 0.741. The highest BCUT2D eigenvalue weighted by Gasteiger charge is 1.96. The molecule has 3 nitrogen and oxygen atoms in total. The number of nitrogen functional groups attached to an aromatic ring is 1. The predicted molar refractivity (Wildman–Crippen MR) is 43.7 cm³/mol. The van der Waals surface area contributed by atoms with E-state index in [1.165, 1.54) is 0 Å².